The minimum atomic E-state index is -0.290. The molecule has 0 spiro atoms. The summed E-state index contributed by atoms with van der Waals surface area (Å²) in [4.78, 5) is 20.0. The fourth-order valence-electron chi connectivity index (χ4n) is 2.23. The second-order valence-electron chi connectivity index (χ2n) is 5.01. The Morgan fingerprint density at radius 3 is 2.92 bits per heavy atom. The van der Waals surface area contributed by atoms with Crippen LogP contribution in [-0.4, -0.2) is 29.6 Å². The average molecular weight is 324 g/mol. The van der Waals surface area contributed by atoms with Gasteiger partial charge < -0.3 is 20.5 Å². The van der Waals surface area contributed by atoms with Gasteiger partial charge in [0.05, 0.1) is 0 Å². The van der Waals surface area contributed by atoms with Gasteiger partial charge in [0.1, 0.15) is 23.7 Å². The lowest BCUT2D eigenvalue weighted by Gasteiger charge is -2.10. The lowest BCUT2D eigenvalue weighted by molar-refractivity contribution is -0.119. The van der Waals surface area contributed by atoms with E-state index in [1.165, 1.54) is 7.11 Å². The number of hydrogen-bond donors (Lipinski definition) is 2. The van der Waals surface area contributed by atoms with Gasteiger partial charge in [0.15, 0.2) is 5.75 Å². The number of hydrogen-bond acceptors (Lipinski definition) is 6. The molecular formula is C17H16N4O3. The van der Waals surface area contributed by atoms with Crippen LogP contribution in [0.3, 0.4) is 0 Å². The highest BCUT2D eigenvalue weighted by atomic mass is 16.5. The number of rotatable bonds is 5. The Balaban J connectivity index is 1.87. The summed E-state index contributed by atoms with van der Waals surface area (Å²) in [7, 11) is 1.45. The number of benzene rings is 1. The third-order valence-corrected chi connectivity index (χ3v) is 3.27. The summed E-state index contributed by atoms with van der Waals surface area (Å²) in [6.07, 6.45) is 3.22. The fraction of sp³-hybridized carbons (Fsp3) is 0.118. The number of nitrogens with two attached hydrogens (primary N) is 1. The van der Waals surface area contributed by atoms with E-state index >= 15 is 0 Å². The molecule has 0 bridgehead atoms. The number of aromatic nitrogens is 2. The second-order valence-corrected chi connectivity index (χ2v) is 5.01. The smallest absolute Gasteiger partial charge is 0.251 e. The maximum Gasteiger partial charge on any atom is 0.251 e. The Hall–Kier alpha value is -3.19. The molecule has 3 N–H and O–H groups in total. The molecule has 2 aromatic heterocycles. The van der Waals surface area contributed by atoms with Gasteiger partial charge in [0.25, 0.3) is 5.91 Å². The molecule has 0 fully saturated rings. The molecule has 0 saturated heterocycles. The number of nitrogen functional groups attached to an aromatic ring is 1. The van der Waals surface area contributed by atoms with E-state index in [-0.39, 0.29) is 12.5 Å². The molecular weight excluding hydrogens is 308 g/mol. The predicted molar refractivity (Wildman–Crippen MR) is 91.0 cm³/mol. The fourth-order valence-corrected chi connectivity index (χ4v) is 2.23. The maximum atomic E-state index is 11.6. The zero-order valence-corrected chi connectivity index (χ0v) is 13.0. The van der Waals surface area contributed by atoms with Crippen LogP contribution in [0, 0.1) is 0 Å². The Bertz CT molecular complexity index is 883. The van der Waals surface area contributed by atoms with Gasteiger partial charge in [-0.1, -0.05) is 0 Å². The van der Waals surface area contributed by atoms with Crippen LogP contribution in [0.4, 0.5) is 11.5 Å². The average Bonchev–Trinajstić information content (AvgIpc) is 2.58. The summed E-state index contributed by atoms with van der Waals surface area (Å²) >= 11 is 0. The Morgan fingerprint density at radius 2 is 2.08 bits per heavy atom. The second kappa shape index (κ2) is 6.93. The number of anilines is 2. The first kappa shape index (κ1) is 15.7. The van der Waals surface area contributed by atoms with Crippen molar-refractivity contribution in [3.05, 3.63) is 48.8 Å². The van der Waals surface area contributed by atoms with Gasteiger partial charge in [-0.3, -0.25) is 9.78 Å². The van der Waals surface area contributed by atoms with Gasteiger partial charge in [-0.2, -0.15) is 0 Å². The topological polar surface area (TPSA) is 99.4 Å². The quantitative estimate of drug-likeness (QED) is 0.700. The number of pyridine rings is 2. The normalized spacial score (nSPS) is 10.5. The highest BCUT2D eigenvalue weighted by Crippen LogP contribution is 2.31. The van der Waals surface area contributed by atoms with Crippen LogP contribution in [0.2, 0.25) is 0 Å². The zero-order chi connectivity index (χ0) is 16.9. The Kier molecular flexibility index (Phi) is 4.53. The predicted octanol–water partition coefficient (Wildman–Crippen LogP) is 2.59. The van der Waals surface area contributed by atoms with E-state index in [9.17, 15) is 4.79 Å². The molecule has 24 heavy (non-hydrogen) atoms. The van der Waals surface area contributed by atoms with Crippen LogP contribution >= 0.6 is 0 Å². The molecule has 122 valence electrons. The summed E-state index contributed by atoms with van der Waals surface area (Å²) in [5, 5.41) is 3.44. The molecule has 0 aliphatic carbocycles. The molecule has 1 aromatic carbocycles. The third kappa shape index (κ3) is 3.41. The molecule has 0 aliphatic rings. The first-order valence-corrected chi connectivity index (χ1v) is 7.23. The summed E-state index contributed by atoms with van der Waals surface area (Å²) in [6.45, 7) is -0.0424. The van der Waals surface area contributed by atoms with Gasteiger partial charge in [-0.25, -0.2) is 4.98 Å². The van der Waals surface area contributed by atoms with Crippen molar-refractivity contribution in [1.82, 2.24) is 9.97 Å². The van der Waals surface area contributed by atoms with E-state index in [0.717, 1.165) is 5.39 Å². The van der Waals surface area contributed by atoms with E-state index in [4.69, 9.17) is 15.2 Å². The van der Waals surface area contributed by atoms with E-state index in [0.29, 0.717) is 28.5 Å². The molecule has 0 atom stereocenters. The van der Waals surface area contributed by atoms with Crippen LogP contribution in [0.5, 0.6) is 11.5 Å². The maximum absolute atomic E-state index is 11.6. The third-order valence-electron chi connectivity index (χ3n) is 3.27. The number of ether oxygens (including phenoxy) is 2. The molecule has 0 aliphatic heterocycles. The summed E-state index contributed by atoms with van der Waals surface area (Å²) in [5.74, 6) is 1.18. The molecule has 2 heterocycles. The van der Waals surface area contributed by atoms with Crippen molar-refractivity contribution in [2.24, 2.45) is 0 Å². The standard InChI is InChI=1S/C17H16N4O3/c1-23-10-16(22)21-15-9-11(6-8-19-15)24-14-5-4-13(18)12-3-2-7-20-17(12)14/h2-9H,10,18H2,1H3,(H,19,21,22). The Morgan fingerprint density at radius 1 is 1.21 bits per heavy atom. The minimum absolute atomic E-state index is 0.0424. The van der Waals surface area contributed by atoms with Crippen LogP contribution in [0.1, 0.15) is 0 Å². The first-order valence-electron chi connectivity index (χ1n) is 7.23. The lowest BCUT2D eigenvalue weighted by Crippen LogP contribution is -2.17. The first-order chi connectivity index (χ1) is 11.7. The minimum Gasteiger partial charge on any atom is -0.455 e. The van der Waals surface area contributed by atoms with Crippen molar-refractivity contribution in [3.8, 4) is 11.5 Å². The molecule has 7 nitrogen and oxygen atoms in total. The molecule has 0 unspecified atom stereocenters. The zero-order valence-electron chi connectivity index (χ0n) is 13.0. The molecule has 3 rings (SSSR count). The molecule has 7 heteroatoms. The monoisotopic (exact) mass is 324 g/mol. The van der Waals surface area contributed by atoms with Gasteiger partial charge in [0.2, 0.25) is 0 Å². The van der Waals surface area contributed by atoms with Crippen LogP contribution in [-0.2, 0) is 9.53 Å². The number of nitrogens with one attached hydrogen (secondary N) is 1. The Labute approximate surface area is 138 Å². The number of nitrogens with zero attached hydrogens (tertiary/aromatic N) is 2. The summed E-state index contributed by atoms with van der Waals surface area (Å²) < 4.78 is 10.7. The van der Waals surface area contributed by atoms with Crippen molar-refractivity contribution in [2.75, 3.05) is 24.8 Å². The number of fused-ring (bicyclic) bond motifs is 1. The van der Waals surface area contributed by atoms with Crippen molar-refractivity contribution >= 4 is 28.3 Å². The number of methoxy groups -OCH3 is 1. The van der Waals surface area contributed by atoms with Crippen LogP contribution in [0.15, 0.2) is 48.8 Å². The highest BCUT2D eigenvalue weighted by molar-refractivity contribution is 5.94. The highest BCUT2D eigenvalue weighted by Gasteiger charge is 2.09. The molecule has 1 amide bonds. The van der Waals surface area contributed by atoms with Crippen molar-refractivity contribution in [2.45, 2.75) is 0 Å². The number of carbonyl (C=O) groups excluding carboxylic acids is 1. The SMILES string of the molecule is COCC(=O)Nc1cc(Oc2ccc(N)c3cccnc23)ccn1. The van der Waals surface area contributed by atoms with Gasteiger partial charge in [-0.15, -0.1) is 0 Å². The summed E-state index contributed by atoms with van der Waals surface area (Å²) in [6, 6.07) is 10.5. The van der Waals surface area contributed by atoms with E-state index in [2.05, 4.69) is 15.3 Å². The molecule has 0 saturated carbocycles. The van der Waals surface area contributed by atoms with Gasteiger partial charge in [-0.05, 0) is 30.3 Å². The number of carbonyl (C=O) groups is 1. The van der Waals surface area contributed by atoms with E-state index in [1.807, 2.05) is 12.1 Å². The summed E-state index contributed by atoms with van der Waals surface area (Å²) in [5.41, 5.74) is 7.26. The molecule has 3 aromatic rings. The van der Waals surface area contributed by atoms with Crippen LogP contribution in [0.25, 0.3) is 10.9 Å². The van der Waals surface area contributed by atoms with Crippen molar-refractivity contribution < 1.29 is 14.3 Å². The molecule has 0 radical (unpaired) electrons. The van der Waals surface area contributed by atoms with Crippen molar-refractivity contribution in [1.29, 1.82) is 0 Å². The van der Waals surface area contributed by atoms with E-state index < -0.39 is 0 Å². The largest absolute Gasteiger partial charge is 0.455 e. The van der Waals surface area contributed by atoms with Gasteiger partial charge >= 0.3 is 0 Å². The van der Waals surface area contributed by atoms with Crippen molar-refractivity contribution in [3.63, 3.8) is 0 Å². The van der Waals surface area contributed by atoms with E-state index in [1.54, 1.807) is 36.7 Å². The van der Waals surface area contributed by atoms with Crippen LogP contribution < -0.4 is 15.8 Å². The number of amides is 1. The lowest BCUT2D eigenvalue weighted by atomic mass is 10.1. The van der Waals surface area contributed by atoms with Gasteiger partial charge in [0, 0.05) is 36.6 Å².